The highest BCUT2D eigenvalue weighted by Gasteiger charge is 2.28. The van der Waals surface area contributed by atoms with Gasteiger partial charge in [-0.1, -0.05) is 18.2 Å². The first kappa shape index (κ1) is 20.9. The van der Waals surface area contributed by atoms with Crippen LogP contribution in [0.4, 0.5) is 5.00 Å². The second kappa shape index (κ2) is 8.87. The van der Waals surface area contributed by atoms with Gasteiger partial charge in [0.1, 0.15) is 10.8 Å². The fourth-order valence-corrected chi connectivity index (χ4v) is 5.14. The minimum absolute atomic E-state index is 0.239. The second-order valence-electron chi connectivity index (χ2n) is 7.59. The third-order valence-corrected chi connectivity index (χ3v) is 6.63. The topological polar surface area (TPSA) is 106 Å². The Kier molecular flexibility index (Phi) is 5.62. The molecule has 0 aliphatic heterocycles. The van der Waals surface area contributed by atoms with E-state index in [2.05, 4.69) is 15.7 Å². The fourth-order valence-electron chi connectivity index (χ4n) is 3.85. The van der Waals surface area contributed by atoms with Crippen molar-refractivity contribution in [3.63, 3.8) is 0 Å². The molecule has 0 saturated heterocycles. The fraction of sp³-hybridized carbons (Fsp3) is 0.167. The van der Waals surface area contributed by atoms with Gasteiger partial charge in [0.2, 0.25) is 5.43 Å². The first-order chi connectivity index (χ1) is 16.1. The highest BCUT2D eigenvalue weighted by Crippen LogP contribution is 2.39. The van der Waals surface area contributed by atoms with E-state index in [0.717, 1.165) is 35.4 Å². The van der Waals surface area contributed by atoms with Crippen molar-refractivity contribution >= 4 is 28.2 Å². The molecule has 0 saturated carbocycles. The van der Waals surface area contributed by atoms with Crippen LogP contribution in [-0.2, 0) is 19.4 Å². The maximum Gasteiger partial charge on any atom is 0.280 e. The number of aromatic nitrogens is 2. The molecular formula is C24H20N4O4S. The Morgan fingerprint density at radius 2 is 1.91 bits per heavy atom. The van der Waals surface area contributed by atoms with Crippen molar-refractivity contribution in [2.75, 3.05) is 5.32 Å². The van der Waals surface area contributed by atoms with E-state index in [4.69, 9.17) is 4.42 Å². The summed E-state index contributed by atoms with van der Waals surface area (Å²) in [5.41, 5.74) is 1.39. The van der Waals surface area contributed by atoms with Crippen LogP contribution >= 0.6 is 11.3 Å². The average molecular weight is 461 g/mol. The first-order valence-electron chi connectivity index (χ1n) is 10.5. The number of rotatable bonds is 6. The van der Waals surface area contributed by atoms with Crippen LogP contribution in [0.25, 0.3) is 5.69 Å². The van der Waals surface area contributed by atoms with Crippen LogP contribution in [0, 0.1) is 0 Å². The quantitative estimate of drug-likeness (QED) is 0.458. The third kappa shape index (κ3) is 4.22. The number of anilines is 1. The number of carbonyl (C=O) groups excluding carboxylic acids is 2. The molecule has 0 atom stereocenters. The van der Waals surface area contributed by atoms with E-state index >= 15 is 0 Å². The molecule has 2 amide bonds. The number of aryl methyl sites for hydroxylation is 1. The van der Waals surface area contributed by atoms with E-state index in [1.165, 1.54) is 28.3 Å². The number of benzene rings is 1. The Morgan fingerprint density at radius 1 is 1.06 bits per heavy atom. The number of nitrogens with one attached hydrogen (secondary N) is 2. The summed E-state index contributed by atoms with van der Waals surface area (Å²) in [6.45, 7) is 0.242. The Bertz CT molecular complexity index is 1370. The van der Waals surface area contributed by atoms with Gasteiger partial charge in [-0.25, -0.2) is 4.68 Å². The standard InChI is InChI=1S/C24H20N4O4S/c29-18-11-12-28(15-6-2-1-3-7-15)27-21(18)23(31)26-24-20(17-9-4-10-19(17)33-24)22(30)25-14-16-8-5-13-32-16/h1-3,5-8,11-13H,4,9-10,14H2,(H,25,30)(H,26,31). The average Bonchev–Trinajstić information content (AvgIpc) is 3.56. The summed E-state index contributed by atoms with van der Waals surface area (Å²) in [5.74, 6) is -0.301. The molecule has 0 fully saturated rings. The van der Waals surface area contributed by atoms with Crippen LogP contribution in [-0.4, -0.2) is 21.6 Å². The molecular weight excluding hydrogens is 440 g/mol. The van der Waals surface area contributed by atoms with Gasteiger partial charge >= 0.3 is 0 Å². The van der Waals surface area contributed by atoms with Gasteiger partial charge in [0.15, 0.2) is 5.69 Å². The van der Waals surface area contributed by atoms with E-state index in [0.29, 0.717) is 16.3 Å². The van der Waals surface area contributed by atoms with E-state index in [-0.39, 0.29) is 18.1 Å². The molecule has 33 heavy (non-hydrogen) atoms. The van der Waals surface area contributed by atoms with E-state index < -0.39 is 11.3 Å². The maximum absolute atomic E-state index is 13.0. The summed E-state index contributed by atoms with van der Waals surface area (Å²) in [5, 5.41) is 10.3. The number of amides is 2. The smallest absolute Gasteiger partial charge is 0.280 e. The van der Waals surface area contributed by atoms with Crippen LogP contribution in [0.15, 0.2) is 70.2 Å². The van der Waals surface area contributed by atoms with Gasteiger partial charge in [0.05, 0.1) is 24.1 Å². The van der Waals surface area contributed by atoms with Crippen LogP contribution in [0.2, 0.25) is 0 Å². The zero-order chi connectivity index (χ0) is 22.8. The predicted octanol–water partition coefficient (Wildman–Crippen LogP) is 3.56. The summed E-state index contributed by atoms with van der Waals surface area (Å²) in [6.07, 6.45) is 5.66. The monoisotopic (exact) mass is 460 g/mol. The minimum Gasteiger partial charge on any atom is -0.467 e. The molecule has 0 spiro atoms. The molecule has 4 aromatic rings. The zero-order valence-corrected chi connectivity index (χ0v) is 18.4. The maximum atomic E-state index is 13.0. The Morgan fingerprint density at radius 3 is 2.70 bits per heavy atom. The molecule has 9 heteroatoms. The van der Waals surface area contributed by atoms with Crippen molar-refractivity contribution in [2.45, 2.75) is 25.8 Å². The van der Waals surface area contributed by atoms with Crippen LogP contribution < -0.4 is 16.1 Å². The van der Waals surface area contributed by atoms with Gasteiger partial charge in [-0.15, -0.1) is 11.3 Å². The highest BCUT2D eigenvalue weighted by atomic mass is 32.1. The lowest BCUT2D eigenvalue weighted by atomic mass is 10.1. The largest absolute Gasteiger partial charge is 0.467 e. The van der Waals surface area contributed by atoms with Crippen molar-refractivity contribution in [1.29, 1.82) is 0 Å². The second-order valence-corrected chi connectivity index (χ2v) is 8.69. The SMILES string of the molecule is O=C(NCc1ccco1)c1c(NC(=O)c2nn(-c3ccccc3)ccc2=O)sc2c1CCC2. The molecule has 3 aromatic heterocycles. The molecule has 8 nitrogen and oxygen atoms in total. The number of para-hydroxylation sites is 1. The van der Waals surface area contributed by atoms with Crippen molar-refractivity contribution in [3.8, 4) is 5.69 Å². The van der Waals surface area contributed by atoms with Crippen LogP contribution in [0.1, 0.15) is 43.5 Å². The summed E-state index contributed by atoms with van der Waals surface area (Å²) < 4.78 is 6.75. The number of fused-ring (bicyclic) bond motifs is 1. The molecule has 1 aliphatic rings. The summed E-state index contributed by atoms with van der Waals surface area (Å²) >= 11 is 1.38. The number of furan rings is 1. The van der Waals surface area contributed by atoms with Gasteiger partial charge in [0, 0.05) is 17.1 Å². The van der Waals surface area contributed by atoms with E-state index in [1.807, 2.05) is 30.3 Å². The number of hydrogen-bond acceptors (Lipinski definition) is 6. The van der Waals surface area contributed by atoms with Gasteiger partial charge < -0.3 is 15.1 Å². The Balaban J connectivity index is 1.42. The van der Waals surface area contributed by atoms with Gasteiger partial charge in [0.25, 0.3) is 11.8 Å². The Labute approximate surface area is 192 Å². The van der Waals surface area contributed by atoms with Crippen molar-refractivity contribution in [3.05, 3.63) is 98.7 Å². The summed E-state index contributed by atoms with van der Waals surface area (Å²) in [4.78, 5) is 39.5. The zero-order valence-electron chi connectivity index (χ0n) is 17.5. The highest BCUT2D eigenvalue weighted by molar-refractivity contribution is 7.17. The third-order valence-electron chi connectivity index (χ3n) is 5.42. The number of thiophene rings is 1. The number of nitrogens with zero attached hydrogens (tertiary/aromatic N) is 2. The number of carbonyl (C=O) groups is 2. The lowest BCUT2D eigenvalue weighted by molar-refractivity contribution is 0.0948. The van der Waals surface area contributed by atoms with E-state index in [9.17, 15) is 14.4 Å². The molecule has 0 radical (unpaired) electrons. The molecule has 3 heterocycles. The van der Waals surface area contributed by atoms with E-state index in [1.54, 1.807) is 18.4 Å². The van der Waals surface area contributed by atoms with Gasteiger partial charge in [-0.3, -0.25) is 14.4 Å². The molecule has 1 aromatic carbocycles. The molecule has 5 rings (SSSR count). The van der Waals surface area contributed by atoms with Crippen LogP contribution in [0.5, 0.6) is 0 Å². The van der Waals surface area contributed by atoms with Crippen molar-refractivity contribution in [2.24, 2.45) is 0 Å². The minimum atomic E-state index is -0.648. The summed E-state index contributed by atoms with van der Waals surface area (Å²) in [6, 6.07) is 14.0. The lowest BCUT2D eigenvalue weighted by Crippen LogP contribution is -2.27. The molecule has 0 unspecified atom stereocenters. The first-order valence-corrected chi connectivity index (χ1v) is 11.3. The Hall–Kier alpha value is -3.98. The normalized spacial score (nSPS) is 12.4. The predicted molar refractivity (Wildman–Crippen MR) is 124 cm³/mol. The lowest BCUT2D eigenvalue weighted by Gasteiger charge is -2.10. The van der Waals surface area contributed by atoms with Crippen molar-refractivity contribution in [1.82, 2.24) is 15.1 Å². The number of hydrogen-bond donors (Lipinski definition) is 2. The van der Waals surface area contributed by atoms with Gasteiger partial charge in [-0.05, 0) is 49.1 Å². The van der Waals surface area contributed by atoms with Gasteiger partial charge in [-0.2, -0.15) is 5.10 Å². The van der Waals surface area contributed by atoms with Crippen LogP contribution in [0.3, 0.4) is 0 Å². The van der Waals surface area contributed by atoms with Crippen molar-refractivity contribution < 1.29 is 14.0 Å². The summed E-state index contributed by atoms with van der Waals surface area (Å²) in [7, 11) is 0. The molecule has 166 valence electrons. The molecule has 1 aliphatic carbocycles. The molecule has 0 bridgehead atoms. The molecule has 2 N–H and O–H groups in total.